The van der Waals surface area contributed by atoms with Crippen molar-refractivity contribution in [1.82, 2.24) is 4.90 Å². The van der Waals surface area contributed by atoms with E-state index in [4.69, 9.17) is 4.74 Å². The fourth-order valence-corrected chi connectivity index (χ4v) is 2.41. The zero-order valence-corrected chi connectivity index (χ0v) is 8.83. The highest BCUT2D eigenvalue weighted by atomic mass is 16.5. The molecule has 0 aromatic carbocycles. The first-order valence-electron chi connectivity index (χ1n) is 5.59. The van der Waals surface area contributed by atoms with Gasteiger partial charge in [0, 0.05) is 19.1 Å². The summed E-state index contributed by atoms with van der Waals surface area (Å²) in [6.07, 6.45) is 2.86. The van der Waals surface area contributed by atoms with Crippen LogP contribution in [0.4, 0.5) is 0 Å². The molecule has 13 heavy (non-hydrogen) atoms. The highest BCUT2D eigenvalue weighted by molar-refractivity contribution is 4.89. The number of hydrogen-bond donors (Lipinski definition) is 0. The van der Waals surface area contributed by atoms with Gasteiger partial charge in [-0.05, 0) is 24.7 Å². The predicted molar refractivity (Wildman–Crippen MR) is 53.7 cm³/mol. The summed E-state index contributed by atoms with van der Waals surface area (Å²) in [6.45, 7) is 8.91. The van der Waals surface area contributed by atoms with Crippen LogP contribution in [0.3, 0.4) is 0 Å². The van der Waals surface area contributed by atoms with E-state index in [0.717, 1.165) is 44.2 Å². The van der Waals surface area contributed by atoms with Gasteiger partial charge >= 0.3 is 0 Å². The van der Waals surface area contributed by atoms with Crippen LogP contribution in [0.5, 0.6) is 0 Å². The largest absolute Gasteiger partial charge is 0.379 e. The molecule has 1 aliphatic carbocycles. The van der Waals surface area contributed by atoms with E-state index in [2.05, 4.69) is 18.7 Å². The summed E-state index contributed by atoms with van der Waals surface area (Å²) in [4.78, 5) is 2.61. The first kappa shape index (κ1) is 9.47. The van der Waals surface area contributed by atoms with Crippen molar-refractivity contribution in [3.63, 3.8) is 0 Å². The molecule has 0 aromatic rings. The molecule has 76 valence electrons. The van der Waals surface area contributed by atoms with Crippen LogP contribution in [0, 0.1) is 11.8 Å². The molecular formula is C11H21NO. The number of hydrogen-bond acceptors (Lipinski definition) is 2. The Balaban J connectivity index is 1.72. The molecule has 0 N–H and O–H groups in total. The van der Waals surface area contributed by atoms with Gasteiger partial charge in [0.1, 0.15) is 0 Å². The summed E-state index contributed by atoms with van der Waals surface area (Å²) >= 11 is 0. The molecule has 0 spiro atoms. The minimum absolute atomic E-state index is 0.885. The molecule has 2 rings (SSSR count). The van der Waals surface area contributed by atoms with Gasteiger partial charge in [0.25, 0.3) is 0 Å². The van der Waals surface area contributed by atoms with E-state index in [1.54, 1.807) is 0 Å². The Morgan fingerprint density at radius 3 is 2.31 bits per heavy atom. The van der Waals surface area contributed by atoms with Gasteiger partial charge in [0.15, 0.2) is 0 Å². The van der Waals surface area contributed by atoms with E-state index in [0.29, 0.717) is 0 Å². The van der Waals surface area contributed by atoms with Gasteiger partial charge in [-0.25, -0.2) is 0 Å². The molecule has 1 saturated heterocycles. The van der Waals surface area contributed by atoms with Crippen LogP contribution < -0.4 is 0 Å². The minimum atomic E-state index is 0.885. The lowest BCUT2D eigenvalue weighted by Crippen LogP contribution is -2.50. The summed E-state index contributed by atoms with van der Waals surface area (Å²) in [7, 11) is 0. The second-order valence-electron chi connectivity index (χ2n) is 4.78. The molecule has 2 nitrogen and oxygen atoms in total. The van der Waals surface area contributed by atoms with Crippen LogP contribution in [0.15, 0.2) is 0 Å². The van der Waals surface area contributed by atoms with Crippen molar-refractivity contribution in [3.8, 4) is 0 Å². The second kappa shape index (κ2) is 3.97. The van der Waals surface area contributed by atoms with Crippen LogP contribution in [-0.4, -0.2) is 37.2 Å². The van der Waals surface area contributed by atoms with Crippen molar-refractivity contribution >= 4 is 0 Å². The molecule has 0 aromatic heterocycles. The van der Waals surface area contributed by atoms with Crippen LogP contribution in [0.1, 0.15) is 26.7 Å². The molecule has 0 unspecified atom stereocenters. The van der Waals surface area contributed by atoms with Crippen molar-refractivity contribution in [2.75, 3.05) is 26.3 Å². The van der Waals surface area contributed by atoms with Gasteiger partial charge in [-0.2, -0.15) is 0 Å². The molecule has 1 aliphatic heterocycles. The van der Waals surface area contributed by atoms with Crippen LogP contribution in [-0.2, 0) is 4.74 Å². The molecule has 2 aliphatic rings. The average Bonchev–Trinajstić information content (AvgIpc) is 2.02. The maximum absolute atomic E-state index is 5.35. The SMILES string of the molecule is CC(C)[C@H]1C[C@@H](N2CCOCC2)C1. The fourth-order valence-electron chi connectivity index (χ4n) is 2.41. The number of nitrogens with zero attached hydrogens (tertiary/aromatic N) is 1. The smallest absolute Gasteiger partial charge is 0.0594 e. The Morgan fingerprint density at radius 1 is 1.15 bits per heavy atom. The summed E-state index contributed by atoms with van der Waals surface area (Å²) in [5, 5.41) is 0. The van der Waals surface area contributed by atoms with Gasteiger partial charge in [-0.15, -0.1) is 0 Å². The molecule has 2 fully saturated rings. The number of morpholine rings is 1. The van der Waals surface area contributed by atoms with E-state index in [1.807, 2.05) is 0 Å². The van der Waals surface area contributed by atoms with Gasteiger partial charge < -0.3 is 4.74 Å². The van der Waals surface area contributed by atoms with E-state index in [-0.39, 0.29) is 0 Å². The van der Waals surface area contributed by atoms with Gasteiger partial charge in [-0.3, -0.25) is 4.90 Å². The lowest BCUT2D eigenvalue weighted by atomic mass is 9.73. The highest BCUT2D eigenvalue weighted by Crippen LogP contribution is 2.36. The molecule has 0 amide bonds. The highest BCUT2D eigenvalue weighted by Gasteiger charge is 2.35. The Morgan fingerprint density at radius 2 is 1.77 bits per heavy atom. The Kier molecular flexibility index (Phi) is 2.89. The number of rotatable bonds is 2. The minimum Gasteiger partial charge on any atom is -0.379 e. The Labute approximate surface area is 81.3 Å². The van der Waals surface area contributed by atoms with E-state index >= 15 is 0 Å². The number of ether oxygens (including phenoxy) is 1. The maximum Gasteiger partial charge on any atom is 0.0594 e. The summed E-state index contributed by atoms with van der Waals surface area (Å²) in [6, 6.07) is 0.885. The van der Waals surface area contributed by atoms with E-state index in [9.17, 15) is 0 Å². The molecule has 0 radical (unpaired) electrons. The van der Waals surface area contributed by atoms with Crippen molar-refractivity contribution in [1.29, 1.82) is 0 Å². The lowest BCUT2D eigenvalue weighted by Gasteiger charge is -2.46. The van der Waals surface area contributed by atoms with Crippen LogP contribution in [0.2, 0.25) is 0 Å². The molecule has 2 heteroatoms. The Bertz CT molecular complexity index is 157. The standard InChI is InChI=1S/C11H21NO/c1-9(2)10-7-11(8-10)12-3-5-13-6-4-12/h9-11H,3-8H2,1-2H3/t10-,11+. The maximum atomic E-state index is 5.35. The van der Waals surface area contributed by atoms with Crippen LogP contribution in [0.25, 0.3) is 0 Å². The van der Waals surface area contributed by atoms with Gasteiger partial charge in [0.2, 0.25) is 0 Å². The zero-order chi connectivity index (χ0) is 9.26. The second-order valence-corrected chi connectivity index (χ2v) is 4.78. The summed E-state index contributed by atoms with van der Waals surface area (Å²) in [5.41, 5.74) is 0. The zero-order valence-electron chi connectivity index (χ0n) is 8.83. The molecular weight excluding hydrogens is 162 g/mol. The van der Waals surface area contributed by atoms with Crippen molar-refractivity contribution in [2.24, 2.45) is 11.8 Å². The third-order valence-corrected chi connectivity index (χ3v) is 3.65. The van der Waals surface area contributed by atoms with Gasteiger partial charge in [0.05, 0.1) is 13.2 Å². The summed E-state index contributed by atoms with van der Waals surface area (Å²) < 4.78 is 5.35. The third-order valence-electron chi connectivity index (χ3n) is 3.65. The molecule has 0 atom stereocenters. The van der Waals surface area contributed by atoms with Gasteiger partial charge in [-0.1, -0.05) is 13.8 Å². The normalized spacial score (nSPS) is 36.2. The predicted octanol–water partition coefficient (Wildman–Crippen LogP) is 1.75. The third kappa shape index (κ3) is 2.05. The molecule has 1 saturated carbocycles. The van der Waals surface area contributed by atoms with Crippen molar-refractivity contribution in [2.45, 2.75) is 32.7 Å². The monoisotopic (exact) mass is 183 g/mol. The van der Waals surface area contributed by atoms with Crippen molar-refractivity contribution in [3.05, 3.63) is 0 Å². The average molecular weight is 183 g/mol. The lowest BCUT2D eigenvalue weighted by molar-refractivity contribution is -0.0243. The quantitative estimate of drug-likeness (QED) is 0.646. The summed E-state index contributed by atoms with van der Waals surface area (Å²) in [5.74, 6) is 1.88. The van der Waals surface area contributed by atoms with E-state index in [1.165, 1.54) is 12.8 Å². The fraction of sp³-hybridized carbons (Fsp3) is 1.00. The molecule has 0 bridgehead atoms. The van der Waals surface area contributed by atoms with Crippen LogP contribution >= 0.6 is 0 Å². The first-order chi connectivity index (χ1) is 6.27. The molecule has 1 heterocycles. The Hall–Kier alpha value is -0.0800. The topological polar surface area (TPSA) is 12.5 Å². The van der Waals surface area contributed by atoms with E-state index < -0.39 is 0 Å². The van der Waals surface area contributed by atoms with Crippen molar-refractivity contribution < 1.29 is 4.74 Å². The first-order valence-corrected chi connectivity index (χ1v) is 5.59.